The van der Waals surface area contributed by atoms with Gasteiger partial charge in [-0.15, -0.1) is 0 Å². The first-order valence-electron chi connectivity index (χ1n) is 20.0. The molecule has 0 unspecified atom stereocenters. The first kappa shape index (κ1) is 32.8. The highest BCUT2D eigenvalue weighted by atomic mass is 14.9. The summed E-state index contributed by atoms with van der Waals surface area (Å²) in [6, 6.07) is 66.4. The maximum atomic E-state index is 5.13. The van der Waals surface area contributed by atoms with Crippen molar-refractivity contribution in [2.75, 3.05) is 0 Å². The lowest BCUT2D eigenvalue weighted by Gasteiger charge is -2.36. The molecular formula is C54H40N2. The van der Waals surface area contributed by atoms with Crippen LogP contribution in [0.3, 0.4) is 0 Å². The molecular weight excluding hydrogens is 677 g/mol. The fourth-order valence-electron chi connectivity index (χ4n) is 9.83. The number of benzene rings is 8. The summed E-state index contributed by atoms with van der Waals surface area (Å²) in [4.78, 5) is 10.2. The Morgan fingerprint density at radius 3 is 1.68 bits per heavy atom. The van der Waals surface area contributed by atoms with Gasteiger partial charge >= 0.3 is 0 Å². The van der Waals surface area contributed by atoms with E-state index in [1.165, 1.54) is 98.2 Å². The lowest BCUT2D eigenvalue weighted by molar-refractivity contribution is 0.353. The Bertz CT molecular complexity index is 2860. The maximum absolute atomic E-state index is 5.13. The summed E-state index contributed by atoms with van der Waals surface area (Å²) in [6.45, 7) is 0. The normalized spacial score (nSPS) is 14.2. The Morgan fingerprint density at radius 2 is 0.946 bits per heavy atom. The quantitative estimate of drug-likeness (QED) is 0.177. The molecule has 1 fully saturated rings. The highest BCUT2D eigenvalue weighted by molar-refractivity contribution is 6.08. The van der Waals surface area contributed by atoms with Crippen LogP contribution in [0.5, 0.6) is 0 Å². The van der Waals surface area contributed by atoms with Crippen LogP contribution in [0.1, 0.15) is 43.2 Å². The monoisotopic (exact) mass is 716 g/mol. The van der Waals surface area contributed by atoms with E-state index in [-0.39, 0.29) is 5.41 Å². The Hall–Kier alpha value is -6.64. The molecule has 2 aliphatic rings. The molecule has 266 valence electrons. The molecule has 2 nitrogen and oxygen atoms in total. The molecule has 2 heteroatoms. The molecule has 8 aromatic carbocycles. The second-order valence-electron chi connectivity index (χ2n) is 15.6. The van der Waals surface area contributed by atoms with Crippen molar-refractivity contribution in [2.45, 2.75) is 37.5 Å². The Morgan fingerprint density at radius 1 is 0.357 bits per heavy atom. The molecule has 0 radical (unpaired) electrons. The molecule has 0 bridgehead atoms. The van der Waals surface area contributed by atoms with Crippen LogP contribution in [0.2, 0.25) is 0 Å². The molecule has 56 heavy (non-hydrogen) atoms. The second-order valence-corrected chi connectivity index (χ2v) is 15.6. The van der Waals surface area contributed by atoms with Crippen molar-refractivity contribution in [2.24, 2.45) is 0 Å². The van der Waals surface area contributed by atoms with Gasteiger partial charge in [-0.2, -0.15) is 0 Å². The molecule has 1 heterocycles. The maximum Gasteiger partial charge on any atom is 0.160 e. The summed E-state index contributed by atoms with van der Waals surface area (Å²) in [5.74, 6) is 0.726. The summed E-state index contributed by atoms with van der Waals surface area (Å²) in [5, 5.41) is 5.16. The Balaban J connectivity index is 1.09. The summed E-state index contributed by atoms with van der Waals surface area (Å²) < 4.78 is 0. The SMILES string of the molecule is c1ccc(-c2cc(-c3ccc(-c4c(-c5cccc6c5-c5cc7ccccc7cc5C65CCCCC5)ccc5ccccc45)cc3)nc(-c3ccccc3)n2)cc1. The van der Waals surface area contributed by atoms with Gasteiger partial charge in [0.1, 0.15) is 0 Å². The fraction of sp³-hybridized carbons (Fsp3) is 0.111. The van der Waals surface area contributed by atoms with E-state index in [4.69, 9.17) is 9.97 Å². The summed E-state index contributed by atoms with van der Waals surface area (Å²) in [6.07, 6.45) is 6.29. The topological polar surface area (TPSA) is 25.8 Å². The van der Waals surface area contributed by atoms with Gasteiger partial charge in [-0.1, -0.05) is 183 Å². The van der Waals surface area contributed by atoms with Crippen molar-refractivity contribution >= 4 is 21.5 Å². The highest BCUT2D eigenvalue weighted by Gasteiger charge is 2.45. The van der Waals surface area contributed by atoms with Gasteiger partial charge < -0.3 is 0 Å². The lowest BCUT2D eigenvalue weighted by atomic mass is 9.67. The van der Waals surface area contributed by atoms with Crippen LogP contribution in [-0.4, -0.2) is 9.97 Å². The Labute approximate surface area is 328 Å². The van der Waals surface area contributed by atoms with Gasteiger partial charge in [0.05, 0.1) is 11.4 Å². The minimum atomic E-state index is 0.0658. The zero-order chi connectivity index (χ0) is 37.1. The van der Waals surface area contributed by atoms with Crippen molar-refractivity contribution in [1.29, 1.82) is 0 Å². The van der Waals surface area contributed by atoms with E-state index >= 15 is 0 Å². The van der Waals surface area contributed by atoms with E-state index in [9.17, 15) is 0 Å². The van der Waals surface area contributed by atoms with Gasteiger partial charge in [0.2, 0.25) is 0 Å². The molecule has 11 rings (SSSR count). The smallest absolute Gasteiger partial charge is 0.160 e. The molecule has 0 atom stereocenters. The standard InChI is InChI=1S/C54H40N2/c1-4-16-37(17-5-1)49-35-50(56-53(55-49)40-18-6-2-7-19-40)38-25-27-39(28-26-38)51-43-22-11-10-15-36(43)29-30-45(51)44-23-14-24-47-52(44)46-33-41-20-8-9-21-42(41)34-48(46)54(47)31-12-3-13-32-54/h1-2,4-11,14-30,33-35H,3,12-13,31-32H2. The van der Waals surface area contributed by atoms with Gasteiger partial charge in [0, 0.05) is 22.1 Å². The van der Waals surface area contributed by atoms with Crippen molar-refractivity contribution in [3.05, 3.63) is 193 Å². The molecule has 2 aliphatic carbocycles. The van der Waals surface area contributed by atoms with Crippen molar-refractivity contribution in [3.63, 3.8) is 0 Å². The first-order chi connectivity index (χ1) is 27.7. The van der Waals surface area contributed by atoms with Crippen LogP contribution in [-0.2, 0) is 5.41 Å². The van der Waals surface area contributed by atoms with Crippen LogP contribution in [0.4, 0.5) is 0 Å². The zero-order valence-corrected chi connectivity index (χ0v) is 31.3. The number of rotatable bonds is 5. The van der Waals surface area contributed by atoms with Crippen LogP contribution < -0.4 is 0 Å². The van der Waals surface area contributed by atoms with Crippen molar-refractivity contribution in [3.8, 4) is 67.3 Å². The molecule has 0 aliphatic heterocycles. The predicted octanol–water partition coefficient (Wildman–Crippen LogP) is 14.3. The molecule has 0 N–H and O–H groups in total. The van der Waals surface area contributed by atoms with Crippen molar-refractivity contribution in [1.82, 2.24) is 9.97 Å². The summed E-state index contributed by atoms with van der Waals surface area (Å²) >= 11 is 0. The molecule has 9 aromatic rings. The zero-order valence-electron chi connectivity index (χ0n) is 31.3. The van der Waals surface area contributed by atoms with Gasteiger partial charge in [-0.25, -0.2) is 9.97 Å². The molecule has 1 aromatic heterocycles. The third-order valence-corrected chi connectivity index (χ3v) is 12.5. The van der Waals surface area contributed by atoms with Crippen LogP contribution in [0, 0.1) is 0 Å². The number of hydrogen-bond acceptors (Lipinski definition) is 2. The predicted molar refractivity (Wildman–Crippen MR) is 234 cm³/mol. The average molecular weight is 717 g/mol. The average Bonchev–Trinajstić information content (AvgIpc) is 3.53. The van der Waals surface area contributed by atoms with Gasteiger partial charge in [-0.3, -0.25) is 0 Å². The minimum absolute atomic E-state index is 0.0658. The van der Waals surface area contributed by atoms with Gasteiger partial charge in [0.25, 0.3) is 0 Å². The first-order valence-corrected chi connectivity index (χ1v) is 20.0. The second kappa shape index (κ2) is 13.3. The summed E-state index contributed by atoms with van der Waals surface area (Å²) in [7, 11) is 0. The highest BCUT2D eigenvalue weighted by Crippen LogP contribution is 2.59. The molecule has 0 saturated heterocycles. The van der Waals surface area contributed by atoms with Crippen molar-refractivity contribution < 1.29 is 0 Å². The van der Waals surface area contributed by atoms with Gasteiger partial charge in [0.15, 0.2) is 5.82 Å². The van der Waals surface area contributed by atoms with E-state index in [0.717, 1.165) is 33.9 Å². The van der Waals surface area contributed by atoms with E-state index in [1.54, 1.807) is 0 Å². The van der Waals surface area contributed by atoms with E-state index in [1.807, 2.05) is 24.3 Å². The fourth-order valence-corrected chi connectivity index (χ4v) is 9.83. The third-order valence-electron chi connectivity index (χ3n) is 12.5. The van der Waals surface area contributed by atoms with E-state index in [2.05, 4.69) is 158 Å². The van der Waals surface area contributed by atoms with Crippen LogP contribution in [0.15, 0.2) is 182 Å². The third kappa shape index (κ3) is 5.32. The molecule has 1 spiro atoms. The van der Waals surface area contributed by atoms with Crippen LogP contribution >= 0.6 is 0 Å². The lowest BCUT2D eigenvalue weighted by Crippen LogP contribution is -2.28. The molecule has 0 amide bonds. The van der Waals surface area contributed by atoms with Gasteiger partial charge in [-0.05, 0) is 97.1 Å². The number of aromatic nitrogens is 2. The molecule has 1 saturated carbocycles. The minimum Gasteiger partial charge on any atom is -0.228 e. The number of hydrogen-bond donors (Lipinski definition) is 0. The van der Waals surface area contributed by atoms with E-state index < -0.39 is 0 Å². The van der Waals surface area contributed by atoms with Crippen LogP contribution in [0.25, 0.3) is 88.8 Å². The summed E-state index contributed by atoms with van der Waals surface area (Å²) in [5.41, 5.74) is 16.0. The van der Waals surface area contributed by atoms with E-state index in [0.29, 0.717) is 0 Å². The largest absolute Gasteiger partial charge is 0.228 e. The Kier molecular flexibility index (Phi) is 7.77. The number of fused-ring (bicyclic) bond motifs is 7. The number of nitrogens with zero attached hydrogens (tertiary/aromatic N) is 2.